The summed E-state index contributed by atoms with van der Waals surface area (Å²) in [6, 6.07) is 2.21. The summed E-state index contributed by atoms with van der Waals surface area (Å²) in [6.07, 6.45) is 1.23. The van der Waals surface area contributed by atoms with Gasteiger partial charge in [0.05, 0.1) is 0 Å². The van der Waals surface area contributed by atoms with Gasteiger partial charge in [0.2, 0.25) is 0 Å². The van der Waals surface area contributed by atoms with Gasteiger partial charge in [-0.3, -0.25) is 4.90 Å². The lowest BCUT2D eigenvalue weighted by Gasteiger charge is -2.19. The molecule has 74 valence electrons. The zero-order valence-electron chi connectivity index (χ0n) is 8.00. The monoisotopic (exact) mass is 261 g/mol. The Morgan fingerprint density at radius 2 is 2.31 bits per heavy atom. The first-order valence-corrected chi connectivity index (χ1v) is 6.72. The van der Waals surface area contributed by atoms with Crippen molar-refractivity contribution in [3.63, 3.8) is 0 Å². The molecule has 0 aliphatic carbocycles. The van der Waals surface area contributed by atoms with Crippen molar-refractivity contribution < 1.29 is 0 Å². The Labute approximate surface area is 92.9 Å². The standard InChI is InChI=1S/C10H16BrNS/c1-2-5-12(6-4-11)8-10-3-7-13-9-10/h3,7,9H,2,4-6,8H2,1H3. The Morgan fingerprint density at radius 3 is 2.85 bits per heavy atom. The molecule has 0 fully saturated rings. The lowest BCUT2D eigenvalue weighted by Crippen LogP contribution is -2.25. The highest BCUT2D eigenvalue weighted by Gasteiger charge is 2.03. The molecule has 0 bridgehead atoms. The molecule has 3 heteroatoms. The first-order valence-electron chi connectivity index (χ1n) is 4.66. The number of alkyl halides is 1. The third-order valence-corrected chi connectivity index (χ3v) is 3.01. The summed E-state index contributed by atoms with van der Waals surface area (Å²) in [5.41, 5.74) is 1.44. The van der Waals surface area contributed by atoms with Gasteiger partial charge >= 0.3 is 0 Å². The van der Waals surface area contributed by atoms with Crippen LogP contribution < -0.4 is 0 Å². The van der Waals surface area contributed by atoms with Gasteiger partial charge in [-0.2, -0.15) is 11.3 Å². The van der Waals surface area contributed by atoms with Crippen molar-refractivity contribution >= 4 is 27.3 Å². The molecule has 0 saturated carbocycles. The zero-order valence-corrected chi connectivity index (χ0v) is 10.4. The highest BCUT2D eigenvalue weighted by atomic mass is 79.9. The van der Waals surface area contributed by atoms with E-state index in [1.54, 1.807) is 11.3 Å². The van der Waals surface area contributed by atoms with Crippen molar-refractivity contribution in [1.82, 2.24) is 4.90 Å². The Bertz CT molecular complexity index is 205. The highest BCUT2D eigenvalue weighted by molar-refractivity contribution is 9.09. The Hall–Kier alpha value is 0.140. The molecule has 13 heavy (non-hydrogen) atoms. The molecule has 0 spiro atoms. The van der Waals surface area contributed by atoms with Crippen LogP contribution in [0.15, 0.2) is 16.8 Å². The Morgan fingerprint density at radius 1 is 1.46 bits per heavy atom. The Kier molecular flexibility index (Phi) is 5.67. The minimum absolute atomic E-state index is 1.07. The van der Waals surface area contributed by atoms with Gasteiger partial charge in [-0.05, 0) is 35.4 Å². The molecule has 0 aliphatic rings. The molecule has 1 aromatic rings. The number of hydrogen-bond acceptors (Lipinski definition) is 2. The van der Waals surface area contributed by atoms with Gasteiger partial charge in [0.1, 0.15) is 0 Å². The van der Waals surface area contributed by atoms with Crippen LogP contribution in [0.5, 0.6) is 0 Å². The quantitative estimate of drug-likeness (QED) is 0.710. The van der Waals surface area contributed by atoms with Crippen LogP contribution in [0.25, 0.3) is 0 Å². The Balaban J connectivity index is 2.37. The van der Waals surface area contributed by atoms with Crippen molar-refractivity contribution in [1.29, 1.82) is 0 Å². The van der Waals surface area contributed by atoms with Crippen LogP contribution >= 0.6 is 27.3 Å². The van der Waals surface area contributed by atoms with Crippen LogP contribution in [-0.2, 0) is 6.54 Å². The van der Waals surface area contributed by atoms with Gasteiger partial charge < -0.3 is 0 Å². The molecule has 0 aliphatic heterocycles. The molecule has 0 radical (unpaired) electrons. The molecule has 0 N–H and O–H groups in total. The summed E-state index contributed by atoms with van der Waals surface area (Å²) in [7, 11) is 0. The van der Waals surface area contributed by atoms with Crippen LogP contribution in [0.4, 0.5) is 0 Å². The highest BCUT2D eigenvalue weighted by Crippen LogP contribution is 2.09. The van der Waals surface area contributed by atoms with E-state index in [-0.39, 0.29) is 0 Å². The zero-order chi connectivity index (χ0) is 9.52. The van der Waals surface area contributed by atoms with Crippen molar-refractivity contribution in [2.75, 3.05) is 18.4 Å². The van der Waals surface area contributed by atoms with Crippen LogP contribution in [0.2, 0.25) is 0 Å². The molecular formula is C10H16BrNS. The summed E-state index contributed by atoms with van der Waals surface area (Å²) < 4.78 is 0. The van der Waals surface area contributed by atoms with E-state index in [1.807, 2.05) is 0 Å². The second kappa shape index (κ2) is 6.57. The first-order chi connectivity index (χ1) is 6.36. The van der Waals surface area contributed by atoms with Crippen molar-refractivity contribution in [2.24, 2.45) is 0 Å². The van der Waals surface area contributed by atoms with E-state index in [1.165, 1.54) is 18.5 Å². The molecule has 1 rings (SSSR count). The van der Waals surface area contributed by atoms with Crippen LogP contribution in [0.1, 0.15) is 18.9 Å². The number of hydrogen-bond donors (Lipinski definition) is 0. The lowest BCUT2D eigenvalue weighted by molar-refractivity contribution is 0.284. The molecule has 0 unspecified atom stereocenters. The molecule has 1 aromatic heterocycles. The second-order valence-electron chi connectivity index (χ2n) is 3.10. The number of rotatable bonds is 6. The van der Waals surface area contributed by atoms with Crippen LogP contribution in [0, 0.1) is 0 Å². The van der Waals surface area contributed by atoms with E-state index in [0.29, 0.717) is 0 Å². The maximum Gasteiger partial charge on any atom is 0.0242 e. The summed E-state index contributed by atoms with van der Waals surface area (Å²) >= 11 is 5.26. The van der Waals surface area contributed by atoms with Crippen molar-refractivity contribution in [2.45, 2.75) is 19.9 Å². The van der Waals surface area contributed by atoms with E-state index in [4.69, 9.17) is 0 Å². The van der Waals surface area contributed by atoms with E-state index < -0.39 is 0 Å². The van der Waals surface area contributed by atoms with Crippen molar-refractivity contribution in [3.8, 4) is 0 Å². The van der Waals surface area contributed by atoms with Crippen LogP contribution in [0.3, 0.4) is 0 Å². The predicted molar refractivity (Wildman–Crippen MR) is 63.7 cm³/mol. The average molecular weight is 262 g/mol. The third kappa shape index (κ3) is 4.25. The molecule has 1 nitrogen and oxygen atoms in total. The van der Waals surface area contributed by atoms with E-state index >= 15 is 0 Å². The minimum Gasteiger partial charge on any atom is -0.298 e. The minimum atomic E-state index is 1.07. The average Bonchev–Trinajstić information content (AvgIpc) is 2.58. The van der Waals surface area contributed by atoms with Gasteiger partial charge in [0, 0.05) is 18.4 Å². The van der Waals surface area contributed by atoms with E-state index in [0.717, 1.165) is 18.4 Å². The van der Waals surface area contributed by atoms with Crippen molar-refractivity contribution in [3.05, 3.63) is 22.4 Å². The maximum absolute atomic E-state index is 3.49. The second-order valence-corrected chi connectivity index (χ2v) is 4.67. The fraction of sp³-hybridized carbons (Fsp3) is 0.600. The van der Waals surface area contributed by atoms with E-state index in [9.17, 15) is 0 Å². The summed E-state index contributed by atoms with van der Waals surface area (Å²) in [5.74, 6) is 0. The first kappa shape index (κ1) is 11.2. The SMILES string of the molecule is CCCN(CCBr)Cc1ccsc1. The molecule has 0 amide bonds. The van der Waals surface area contributed by atoms with Crippen LogP contribution in [-0.4, -0.2) is 23.3 Å². The molecule has 0 atom stereocenters. The van der Waals surface area contributed by atoms with E-state index in [2.05, 4.69) is 44.6 Å². The topological polar surface area (TPSA) is 3.24 Å². The molecule has 1 heterocycles. The number of halogens is 1. The normalized spacial score (nSPS) is 11.0. The summed E-state index contributed by atoms with van der Waals surface area (Å²) in [6.45, 7) is 5.67. The number of nitrogens with zero attached hydrogens (tertiary/aromatic N) is 1. The molecule has 0 aromatic carbocycles. The van der Waals surface area contributed by atoms with Gasteiger partial charge in [-0.1, -0.05) is 22.9 Å². The molecular weight excluding hydrogens is 246 g/mol. The third-order valence-electron chi connectivity index (χ3n) is 1.93. The molecule has 0 saturated heterocycles. The maximum atomic E-state index is 3.49. The van der Waals surface area contributed by atoms with Gasteiger partial charge in [0.25, 0.3) is 0 Å². The predicted octanol–water partition coefficient (Wildman–Crippen LogP) is 3.36. The summed E-state index contributed by atoms with van der Waals surface area (Å²) in [5, 5.41) is 5.45. The van der Waals surface area contributed by atoms with Gasteiger partial charge in [-0.25, -0.2) is 0 Å². The largest absolute Gasteiger partial charge is 0.298 e. The number of thiophene rings is 1. The van der Waals surface area contributed by atoms with Gasteiger partial charge in [-0.15, -0.1) is 0 Å². The fourth-order valence-electron chi connectivity index (χ4n) is 1.35. The lowest BCUT2D eigenvalue weighted by atomic mass is 10.3. The fourth-order valence-corrected chi connectivity index (χ4v) is 2.51. The summed E-state index contributed by atoms with van der Waals surface area (Å²) in [4.78, 5) is 2.48. The van der Waals surface area contributed by atoms with Gasteiger partial charge in [0.15, 0.2) is 0 Å². The smallest absolute Gasteiger partial charge is 0.0242 e.